The molecule has 4 rings (SSSR count). The van der Waals surface area contributed by atoms with E-state index in [0.717, 1.165) is 37.8 Å². The Morgan fingerprint density at radius 1 is 1.15 bits per heavy atom. The van der Waals surface area contributed by atoms with Crippen LogP contribution in [0.2, 0.25) is 0 Å². The first-order chi connectivity index (χ1) is 13.0. The molecule has 0 aliphatic heterocycles. The zero-order valence-electron chi connectivity index (χ0n) is 14.8. The van der Waals surface area contributed by atoms with Crippen LogP contribution in [0.5, 0.6) is 0 Å². The first-order valence-corrected chi connectivity index (χ1v) is 10.1. The second-order valence-electron chi connectivity index (χ2n) is 6.24. The van der Waals surface area contributed by atoms with Crippen LogP contribution in [0.25, 0.3) is 22.2 Å². The number of halogens is 1. The van der Waals surface area contributed by atoms with E-state index < -0.39 is 0 Å². The zero-order valence-corrected chi connectivity index (χ0v) is 17.2. The van der Waals surface area contributed by atoms with Crippen molar-refractivity contribution in [1.82, 2.24) is 9.97 Å². The van der Waals surface area contributed by atoms with Crippen molar-refractivity contribution in [2.24, 2.45) is 0 Å². The van der Waals surface area contributed by atoms with Gasteiger partial charge in [0.25, 0.3) is 5.91 Å². The molecule has 1 amide bonds. The first-order valence-electron chi connectivity index (χ1n) is 8.41. The topological polar surface area (TPSA) is 54.9 Å². The molecule has 4 aromatic rings. The fourth-order valence-corrected chi connectivity index (χ4v) is 4.30. The monoisotopic (exact) mass is 437 g/mol. The van der Waals surface area contributed by atoms with Crippen LogP contribution >= 0.6 is 27.3 Å². The van der Waals surface area contributed by atoms with Crippen LogP contribution in [0.1, 0.15) is 21.5 Å². The summed E-state index contributed by atoms with van der Waals surface area (Å²) in [4.78, 5) is 22.2. The summed E-state index contributed by atoms with van der Waals surface area (Å²) in [6.45, 7) is 3.95. The van der Waals surface area contributed by atoms with Crippen molar-refractivity contribution in [2.75, 3.05) is 5.32 Å². The van der Waals surface area contributed by atoms with Gasteiger partial charge in [-0.2, -0.15) is 0 Å². The summed E-state index contributed by atoms with van der Waals surface area (Å²) in [6, 6.07) is 13.9. The third-order valence-corrected chi connectivity index (χ3v) is 5.56. The molecule has 27 heavy (non-hydrogen) atoms. The second kappa shape index (κ2) is 7.21. The maximum Gasteiger partial charge on any atom is 0.258 e. The van der Waals surface area contributed by atoms with Crippen molar-refractivity contribution < 1.29 is 4.79 Å². The molecule has 0 aliphatic rings. The molecule has 134 valence electrons. The van der Waals surface area contributed by atoms with Crippen molar-refractivity contribution in [1.29, 1.82) is 0 Å². The van der Waals surface area contributed by atoms with Crippen LogP contribution in [0.4, 0.5) is 5.13 Å². The average molecular weight is 438 g/mol. The van der Waals surface area contributed by atoms with Crippen LogP contribution in [-0.4, -0.2) is 15.9 Å². The third kappa shape index (κ3) is 3.38. The van der Waals surface area contributed by atoms with Gasteiger partial charge in [0, 0.05) is 27.0 Å². The van der Waals surface area contributed by atoms with Gasteiger partial charge in [0.05, 0.1) is 16.8 Å². The highest BCUT2D eigenvalue weighted by Crippen LogP contribution is 2.33. The summed E-state index contributed by atoms with van der Waals surface area (Å²) < 4.78 is 0.921. The molecule has 0 spiro atoms. The standard InChI is InChI=1S/C21H16BrN3OS/c1-12-10-15(22)11-16-17(20(26)25-21-23-8-9-27-21)13(2)19(24-18(12)16)14-6-4-3-5-7-14/h3-11H,1-2H3,(H,23,25,26). The Morgan fingerprint density at radius 3 is 2.63 bits per heavy atom. The zero-order chi connectivity index (χ0) is 19.0. The molecule has 0 atom stereocenters. The number of hydrogen-bond acceptors (Lipinski definition) is 4. The molecule has 6 heteroatoms. The normalized spacial score (nSPS) is 10.9. The number of anilines is 1. The number of benzene rings is 2. The van der Waals surface area contributed by atoms with Crippen molar-refractivity contribution in [3.8, 4) is 11.3 Å². The summed E-state index contributed by atoms with van der Waals surface area (Å²) in [5, 5.41) is 6.16. The maximum atomic E-state index is 13.2. The summed E-state index contributed by atoms with van der Waals surface area (Å²) in [5.41, 5.74) is 5.12. The summed E-state index contributed by atoms with van der Waals surface area (Å²) >= 11 is 4.94. The number of pyridine rings is 1. The van der Waals surface area contributed by atoms with E-state index in [1.54, 1.807) is 6.20 Å². The first kappa shape index (κ1) is 17.8. The van der Waals surface area contributed by atoms with Crippen molar-refractivity contribution in [3.63, 3.8) is 0 Å². The highest BCUT2D eigenvalue weighted by atomic mass is 79.9. The lowest BCUT2D eigenvalue weighted by Crippen LogP contribution is -2.15. The predicted octanol–water partition coefficient (Wildman–Crippen LogP) is 5.99. The van der Waals surface area contributed by atoms with Gasteiger partial charge in [-0.25, -0.2) is 9.97 Å². The van der Waals surface area contributed by atoms with Crippen LogP contribution in [-0.2, 0) is 0 Å². The number of hydrogen-bond donors (Lipinski definition) is 1. The number of carbonyl (C=O) groups excluding carboxylic acids is 1. The van der Waals surface area contributed by atoms with Gasteiger partial charge in [0.1, 0.15) is 0 Å². The highest BCUT2D eigenvalue weighted by molar-refractivity contribution is 9.10. The van der Waals surface area contributed by atoms with E-state index >= 15 is 0 Å². The molecule has 4 nitrogen and oxygen atoms in total. The maximum absolute atomic E-state index is 13.2. The van der Waals surface area contributed by atoms with Gasteiger partial charge in [0.15, 0.2) is 5.13 Å². The van der Waals surface area contributed by atoms with Crippen molar-refractivity contribution >= 4 is 49.2 Å². The lowest BCUT2D eigenvalue weighted by atomic mass is 9.96. The van der Waals surface area contributed by atoms with E-state index in [9.17, 15) is 4.79 Å². The lowest BCUT2D eigenvalue weighted by molar-refractivity contribution is 0.102. The SMILES string of the molecule is Cc1c(-c2ccccc2)nc2c(C)cc(Br)cc2c1C(=O)Nc1nccs1. The Kier molecular flexibility index (Phi) is 4.76. The molecule has 2 aromatic heterocycles. The number of nitrogens with one attached hydrogen (secondary N) is 1. The number of rotatable bonds is 3. The number of carbonyl (C=O) groups is 1. The third-order valence-electron chi connectivity index (χ3n) is 4.42. The van der Waals surface area contributed by atoms with Crippen LogP contribution in [0.3, 0.4) is 0 Å². The Hall–Kier alpha value is -2.57. The molecular weight excluding hydrogens is 422 g/mol. The Morgan fingerprint density at radius 2 is 1.93 bits per heavy atom. The fourth-order valence-electron chi connectivity index (χ4n) is 3.21. The summed E-state index contributed by atoms with van der Waals surface area (Å²) in [7, 11) is 0. The number of aromatic nitrogens is 2. The molecule has 0 radical (unpaired) electrons. The number of amides is 1. The minimum absolute atomic E-state index is 0.176. The molecule has 0 aliphatic carbocycles. The molecule has 2 aromatic carbocycles. The molecule has 1 N–H and O–H groups in total. The molecule has 2 heterocycles. The predicted molar refractivity (Wildman–Crippen MR) is 114 cm³/mol. The highest BCUT2D eigenvalue weighted by Gasteiger charge is 2.21. The summed E-state index contributed by atoms with van der Waals surface area (Å²) in [5.74, 6) is -0.176. The second-order valence-corrected chi connectivity index (χ2v) is 8.05. The average Bonchev–Trinajstić information content (AvgIpc) is 3.14. The van der Waals surface area contributed by atoms with E-state index in [0.29, 0.717) is 10.7 Å². The van der Waals surface area contributed by atoms with Crippen LogP contribution in [0, 0.1) is 13.8 Å². The van der Waals surface area contributed by atoms with Crippen LogP contribution in [0.15, 0.2) is 58.5 Å². The quantitative estimate of drug-likeness (QED) is 0.428. The van der Waals surface area contributed by atoms with Crippen LogP contribution < -0.4 is 5.32 Å². The molecular formula is C21H16BrN3OS. The minimum Gasteiger partial charge on any atom is -0.298 e. The largest absolute Gasteiger partial charge is 0.298 e. The van der Waals surface area contributed by atoms with Gasteiger partial charge in [0.2, 0.25) is 0 Å². The Balaban J connectivity index is 1.99. The number of nitrogens with zero attached hydrogens (tertiary/aromatic N) is 2. The van der Waals surface area contributed by atoms with Gasteiger partial charge < -0.3 is 0 Å². The molecule has 0 bridgehead atoms. The van der Waals surface area contributed by atoms with Gasteiger partial charge in [-0.15, -0.1) is 11.3 Å². The van der Waals surface area contributed by atoms with E-state index in [-0.39, 0.29) is 5.91 Å². The van der Waals surface area contributed by atoms with E-state index in [1.807, 2.05) is 61.7 Å². The minimum atomic E-state index is -0.176. The van der Waals surface area contributed by atoms with Gasteiger partial charge >= 0.3 is 0 Å². The van der Waals surface area contributed by atoms with Gasteiger partial charge in [-0.05, 0) is 37.1 Å². The number of aryl methyl sites for hydroxylation is 1. The number of fused-ring (bicyclic) bond motifs is 1. The number of thiazole rings is 1. The molecule has 0 fully saturated rings. The molecule has 0 saturated heterocycles. The summed E-state index contributed by atoms with van der Waals surface area (Å²) in [6.07, 6.45) is 1.67. The van der Waals surface area contributed by atoms with E-state index in [2.05, 4.69) is 26.2 Å². The molecule has 0 unspecified atom stereocenters. The lowest BCUT2D eigenvalue weighted by Gasteiger charge is -2.16. The van der Waals surface area contributed by atoms with Gasteiger partial charge in [-0.3, -0.25) is 10.1 Å². The smallest absolute Gasteiger partial charge is 0.258 e. The Bertz CT molecular complexity index is 1140. The molecule has 0 saturated carbocycles. The van der Waals surface area contributed by atoms with Crippen molar-refractivity contribution in [2.45, 2.75) is 13.8 Å². The van der Waals surface area contributed by atoms with Gasteiger partial charge in [-0.1, -0.05) is 46.3 Å². The van der Waals surface area contributed by atoms with Crippen molar-refractivity contribution in [3.05, 3.63) is 75.2 Å². The fraction of sp³-hybridized carbons (Fsp3) is 0.0952. The van der Waals surface area contributed by atoms with E-state index in [4.69, 9.17) is 4.98 Å². The Labute approximate surface area is 169 Å². The van der Waals surface area contributed by atoms with E-state index in [1.165, 1.54) is 11.3 Å².